The smallest absolute Gasteiger partial charge is 0.194 e. The van der Waals surface area contributed by atoms with E-state index in [0.29, 0.717) is 6.54 Å². The molecule has 8 heteroatoms. The van der Waals surface area contributed by atoms with E-state index in [1.54, 1.807) is 0 Å². The van der Waals surface area contributed by atoms with Gasteiger partial charge in [-0.15, -0.1) is 0 Å². The van der Waals surface area contributed by atoms with Crippen molar-refractivity contribution >= 4 is 5.96 Å². The van der Waals surface area contributed by atoms with E-state index in [4.69, 9.17) is 4.52 Å². The van der Waals surface area contributed by atoms with Crippen LogP contribution in [0.3, 0.4) is 0 Å². The number of aliphatic imine (C=N–C) groups is 1. The highest BCUT2D eigenvalue weighted by molar-refractivity contribution is 5.80. The Morgan fingerprint density at radius 1 is 1.10 bits per heavy atom. The van der Waals surface area contributed by atoms with Gasteiger partial charge >= 0.3 is 0 Å². The molecular weight excluding hydrogens is 390 g/mol. The SMILES string of the molecule is CN=C(NCc1ccccc1-n1nc(C)cc1C)N1CCN(Cc2cc(C)on2)CC1. The molecule has 0 bridgehead atoms. The molecule has 1 saturated heterocycles. The Balaban J connectivity index is 1.36. The van der Waals surface area contributed by atoms with Crippen LogP contribution in [0.4, 0.5) is 0 Å². The van der Waals surface area contributed by atoms with Crippen LogP contribution in [0, 0.1) is 20.8 Å². The van der Waals surface area contributed by atoms with Crippen LogP contribution >= 0.6 is 0 Å². The first-order chi connectivity index (χ1) is 15.0. The normalized spacial score (nSPS) is 15.5. The third-order valence-electron chi connectivity index (χ3n) is 5.61. The van der Waals surface area contributed by atoms with Gasteiger partial charge in [-0.2, -0.15) is 5.10 Å². The minimum atomic E-state index is 0.694. The lowest BCUT2D eigenvalue weighted by Gasteiger charge is -2.36. The summed E-state index contributed by atoms with van der Waals surface area (Å²) in [5.41, 5.74) is 5.44. The van der Waals surface area contributed by atoms with Crippen LogP contribution in [0.2, 0.25) is 0 Å². The van der Waals surface area contributed by atoms with E-state index in [0.717, 1.165) is 67.2 Å². The Labute approximate surface area is 183 Å². The first kappa shape index (κ1) is 21.1. The molecule has 0 spiro atoms. The van der Waals surface area contributed by atoms with Crippen LogP contribution < -0.4 is 5.32 Å². The highest BCUT2D eigenvalue weighted by atomic mass is 16.5. The second-order valence-electron chi connectivity index (χ2n) is 8.06. The van der Waals surface area contributed by atoms with Crippen molar-refractivity contribution in [1.29, 1.82) is 0 Å². The van der Waals surface area contributed by atoms with Crippen molar-refractivity contribution in [3.63, 3.8) is 0 Å². The fraction of sp³-hybridized carbons (Fsp3) is 0.435. The topological polar surface area (TPSA) is 74.7 Å². The predicted molar refractivity (Wildman–Crippen MR) is 121 cm³/mol. The van der Waals surface area contributed by atoms with Gasteiger partial charge in [0.15, 0.2) is 5.96 Å². The van der Waals surface area contributed by atoms with Crippen LogP contribution in [0.15, 0.2) is 45.9 Å². The summed E-state index contributed by atoms with van der Waals surface area (Å²) in [6.45, 7) is 11.3. The van der Waals surface area contributed by atoms with Crippen LogP contribution in [-0.2, 0) is 13.1 Å². The van der Waals surface area contributed by atoms with Crippen molar-refractivity contribution in [2.75, 3.05) is 33.2 Å². The number of para-hydroxylation sites is 1. The third-order valence-corrected chi connectivity index (χ3v) is 5.61. The van der Waals surface area contributed by atoms with E-state index in [2.05, 4.69) is 67.6 Å². The van der Waals surface area contributed by atoms with Gasteiger partial charge in [0.25, 0.3) is 0 Å². The quantitative estimate of drug-likeness (QED) is 0.504. The molecule has 4 rings (SSSR count). The molecule has 0 unspecified atom stereocenters. The highest BCUT2D eigenvalue weighted by Gasteiger charge is 2.21. The maximum atomic E-state index is 5.18. The third kappa shape index (κ3) is 4.96. The number of benzene rings is 1. The molecule has 1 fully saturated rings. The van der Waals surface area contributed by atoms with E-state index in [-0.39, 0.29) is 0 Å². The predicted octanol–water partition coefficient (Wildman–Crippen LogP) is 2.68. The minimum absolute atomic E-state index is 0.694. The molecule has 8 nitrogen and oxygen atoms in total. The summed E-state index contributed by atoms with van der Waals surface area (Å²) in [5.74, 6) is 1.79. The molecule has 2 aromatic heterocycles. The average molecular weight is 422 g/mol. The Morgan fingerprint density at radius 2 is 1.87 bits per heavy atom. The molecule has 3 aromatic rings. The van der Waals surface area contributed by atoms with Crippen molar-refractivity contribution < 1.29 is 4.52 Å². The lowest BCUT2D eigenvalue weighted by molar-refractivity contribution is 0.169. The number of hydrogen-bond acceptors (Lipinski definition) is 5. The van der Waals surface area contributed by atoms with E-state index in [1.165, 1.54) is 5.56 Å². The second kappa shape index (κ2) is 9.34. The fourth-order valence-electron chi connectivity index (χ4n) is 4.09. The molecule has 1 aromatic carbocycles. The van der Waals surface area contributed by atoms with Crippen molar-refractivity contribution in [3.8, 4) is 5.69 Å². The van der Waals surface area contributed by atoms with Crippen molar-refractivity contribution in [1.82, 2.24) is 30.1 Å². The summed E-state index contributed by atoms with van der Waals surface area (Å²) >= 11 is 0. The Bertz CT molecular complexity index is 1040. The standard InChI is InChI=1S/C23H31N7O/c1-17-13-18(2)30(26-17)22-8-6-5-7-20(22)15-25-23(24-4)29-11-9-28(10-12-29)16-21-14-19(3)31-27-21/h5-8,13-14H,9-12,15-16H2,1-4H3,(H,24,25). The minimum Gasteiger partial charge on any atom is -0.361 e. The number of nitrogens with zero attached hydrogens (tertiary/aromatic N) is 6. The molecule has 31 heavy (non-hydrogen) atoms. The number of nitrogens with one attached hydrogen (secondary N) is 1. The van der Waals surface area contributed by atoms with Gasteiger partial charge in [-0.25, -0.2) is 4.68 Å². The molecule has 1 aliphatic heterocycles. The van der Waals surface area contributed by atoms with Gasteiger partial charge in [-0.1, -0.05) is 23.4 Å². The molecule has 0 aliphatic carbocycles. The van der Waals surface area contributed by atoms with Crippen molar-refractivity contribution in [2.24, 2.45) is 4.99 Å². The highest BCUT2D eigenvalue weighted by Crippen LogP contribution is 2.17. The molecule has 1 N–H and O–H groups in total. The van der Waals surface area contributed by atoms with Gasteiger partial charge in [0.2, 0.25) is 0 Å². The molecule has 0 atom stereocenters. The lowest BCUT2D eigenvalue weighted by atomic mass is 10.1. The zero-order valence-corrected chi connectivity index (χ0v) is 18.8. The fourth-order valence-corrected chi connectivity index (χ4v) is 4.09. The van der Waals surface area contributed by atoms with Gasteiger partial charge in [0.05, 0.1) is 17.1 Å². The molecule has 0 amide bonds. The van der Waals surface area contributed by atoms with Crippen LogP contribution in [0.5, 0.6) is 0 Å². The zero-order valence-electron chi connectivity index (χ0n) is 18.8. The molecule has 3 heterocycles. The number of piperazine rings is 1. The molecular formula is C23H31N7O. The largest absolute Gasteiger partial charge is 0.361 e. The van der Waals surface area contributed by atoms with E-state index in [1.807, 2.05) is 31.6 Å². The number of aryl methyl sites for hydroxylation is 3. The van der Waals surface area contributed by atoms with Crippen molar-refractivity contribution in [2.45, 2.75) is 33.9 Å². The maximum absolute atomic E-state index is 5.18. The Kier molecular flexibility index (Phi) is 6.36. The average Bonchev–Trinajstić information content (AvgIpc) is 3.33. The van der Waals surface area contributed by atoms with Crippen LogP contribution in [0.1, 0.15) is 28.4 Å². The zero-order chi connectivity index (χ0) is 21.8. The summed E-state index contributed by atoms with van der Waals surface area (Å²) in [6, 6.07) is 12.5. The summed E-state index contributed by atoms with van der Waals surface area (Å²) in [5, 5.41) is 12.3. The van der Waals surface area contributed by atoms with Gasteiger partial charge in [0.1, 0.15) is 5.76 Å². The maximum Gasteiger partial charge on any atom is 0.194 e. The molecule has 1 aliphatic rings. The number of hydrogen-bond donors (Lipinski definition) is 1. The summed E-state index contributed by atoms with van der Waals surface area (Å²) in [6.07, 6.45) is 0. The summed E-state index contributed by atoms with van der Waals surface area (Å²) < 4.78 is 7.20. The first-order valence-electron chi connectivity index (χ1n) is 10.7. The number of guanidine groups is 1. The molecule has 164 valence electrons. The molecule has 0 saturated carbocycles. The van der Waals surface area contributed by atoms with Gasteiger partial charge in [-0.05, 0) is 38.5 Å². The van der Waals surface area contributed by atoms with E-state index < -0.39 is 0 Å². The lowest BCUT2D eigenvalue weighted by Crippen LogP contribution is -2.52. The Hall–Kier alpha value is -3.13. The van der Waals surface area contributed by atoms with Gasteiger partial charge in [0, 0.05) is 58.1 Å². The first-order valence-corrected chi connectivity index (χ1v) is 10.7. The molecule has 0 radical (unpaired) electrons. The Morgan fingerprint density at radius 3 is 2.52 bits per heavy atom. The summed E-state index contributed by atoms with van der Waals surface area (Å²) in [4.78, 5) is 9.24. The van der Waals surface area contributed by atoms with Crippen LogP contribution in [-0.4, -0.2) is 63.9 Å². The second-order valence-corrected chi connectivity index (χ2v) is 8.06. The van der Waals surface area contributed by atoms with Crippen molar-refractivity contribution in [3.05, 3.63) is 64.8 Å². The van der Waals surface area contributed by atoms with Gasteiger partial charge < -0.3 is 14.7 Å². The van der Waals surface area contributed by atoms with Crippen LogP contribution in [0.25, 0.3) is 5.69 Å². The number of rotatable bonds is 5. The number of aromatic nitrogens is 3. The van der Waals surface area contributed by atoms with E-state index in [9.17, 15) is 0 Å². The summed E-state index contributed by atoms with van der Waals surface area (Å²) in [7, 11) is 1.85. The van der Waals surface area contributed by atoms with E-state index >= 15 is 0 Å². The monoisotopic (exact) mass is 421 g/mol. The van der Waals surface area contributed by atoms with Gasteiger partial charge in [-0.3, -0.25) is 9.89 Å².